The van der Waals surface area contributed by atoms with E-state index in [1.165, 1.54) is 17.4 Å². The van der Waals surface area contributed by atoms with Crippen molar-refractivity contribution in [3.8, 4) is 0 Å². The largest absolute Gasteiger partial charge is 0.326 e. The number of carbonyl (C=O) groups excluding carboxylic acids is 3. The van der Waals surface area contributed by atoms with E-state index in [-0.39, 0.29) is 24.1 Å². The summed E-state index contributed by atoms with van der Waals surface area (Å²) in [6, 6.07) is 16.8. The lowest BCUT2D eigenvalue weighted by atomic mass is 10.1. The van der Waals surface area contributed by atoms with Crippen molar-refractivity contribution < 1.29 is 14.4 Å². The minimum absolute atomic E-state index is 0.163. The van der Waals surface area contributed by atoms with Gasteiger partial charge in [0.15, 0.2) is 0 Å². The molecule has 2 aromatic rings. The maximum Gasteiger partial charge on any atom is 0.251 e. The van der Waals surface area contributed by atoms with Crippen LogP contribution in [0.3, 0.4) is 0 Å². The summed E-state index contributed by atoms with van der Waals surface area (Å²) < 4.78 is 0. The summed E-state index contributed by atoms with van der Waals surface area (Å²) in [4.78, 5) is 42.6. The minimum Gasteiger partial charge on any atom is -0.326 e. The fourth-order valence-electron chi connectivity index (χ4n) is 4.14. The van der Waals surface area contributed by atoms with E-state index in [2.05, 4.69) is 27.2 Å². The zero-order valence-electron chi connectivity index (χ0n) is 17.1. The van der Waals surface area contributed by atoms with Crippen molar-refractivity contribution in [3.05, 3.63) is 60.2 Å². The van der Waals surface area contributed by atoms with Gasteiger partial charge in [0.05, 0.1) is 18.2 Å². The molecule has 0 spiro atoms. The Hall–Kier alpha value is -3.03. The van der Waals surface area contributed by atoms with Crippen molar-refractivity contribution in [2.24, 2.45) is 0 Å². The van der Waals surface area contributed by atoms with Gasteiger partial charge in [0, 0.05) is 45.3 Å². The summed E-state index contributed by atoms with van der Waals surface area (Å²) in [5.41, 5.74) is 2.47. The molecule has 7 nitrogen and oxygen atoms in total. The Kier molecular flexibility index (Phi) is 5.92. The third kappa shape index (κ3) is 4.42. The molecule has 0 unspecified atom stereocenters. The molecule has 156 valence electrons. The van der Waals surface area contributed by atoms with Gasteiger partial charge >= 0.3 is 0 Å². The molecule has 0 radical (unpaired) electrons. The second kappa shape index (κ2) is 8.77. The standard InChI is InChI=1S/C23H26N4O3/c1-17(28)24-19-7-9-20(10-8-19)27-22(29)15-21(23(27)30)26-13-11-25(12-14-26)16-18-5-3-2-4-6-18/h2-10,21H,11-16H2,1H3,(H,24,28)/t21-/m0/s1. The van der Waals surface area contributed by atoms with Gasteiger partial charge in [-0.25, -0.2) is 4.90 Å². The van der Waals surface area contributed by atoms with Gasteiger partial charge in [0.2, 0.25) is 11.8 Å². The molecule has 2 aromatic carbocycles. The van der Waals surface area contributed by atoms with Gasteiger partial charge in [0.1, 0.15) is 0 Å². The highest BCUT2D eigenvalue weighted by Gasteiger charge is 2.43. The van der Waals surface area contributed by atoms with Gasteiger partial charge < -0.3 is 5.32 Å². The fraction of sp³-hybridized carbons (Fsp3) is 0.348. The molecule has 7 heteroatoms. The molecule has 2 heterocycles. The van der Waals surface area contributed by atoms with Crippen LogP contribution < -0.4 is 10.2 Å². The first-order chi connectivity index (χ1) is 14.5. The van der Waals surface area contributed by atoms with Gasteiger partial charge in [0.25, 0.3) is 5.91 Å². The van der Waals surface area contributed by atoms with Crippen molar-refractivity contribution in [1.29, 1.82) is 0 Å². The summed E-state index contributed by atoms with van der Waals surface area (Å²) in [5.74, 6) is -0.504. The maximum atomic E-state index is 13.0. The molecule has 1 atom stereocenters. The van der Waals surface area contributed by atoms with Crippen LogP contribution in [0.5, 0.6) is 0 Å². The van der Waals surface area contributed by atoms with Gasteiger partial charge in [-0.05, 0) is 29.8 Å². The number of benzene rings is 2. The first-order valence-corrected chi connectivity index (χ1v) is 10.3. The van der Waals surface area contributed by atoms with Crippen LogP contribution >= 0.6 is 0 Å². The van der Waals surface area contributed by atoms with Crippen molar-refractivity contribution in [3.63, 3.8) is 0 Å². The first-order valence-electron chi connectivity index (χ1n) is 10.3. The molecule has 2 saturated heterocycles. The molecule has 2 aliphatic rings. The lowest BCUT2D eigenvalue weighted by Crippen LogP contribution is -2.52. The number of carbonyl (C=O) groups is 3. The normalized spacial score (nSPS) is 20.6. The minimum atomic E-state index is -0.397. The smallest absolute Gasteiger partial charge is 0.251 e. The summed E-state index contributed by atoms with van der Waals surface area (Å²) in [5, 5.41) is 2.69. The zero-order chi connectivity index (χ0) is 21.1. The van der Waals surface area contributed by atoms with E-state index < -0.39 is 6.04 Å². The number of piperazine rings is 1. The van der Waals surface area contributed by atoms with Crippen molar-refractivity contribution in [2.75, 3.05) is 36.4 Å². The molecular weight excluding hydrogens is 380 g/mol. The van der Waals surface area contributed by atoms with E-state index in [9.17, 15) is 14.4 Å². The summed E-state index contributed by atoms with van der Waals surface area (Å²) in [6.45, 7) is 5.62. The average Bonchev–Trinajstić information content (AvgIpc) is 3.04. The fourth-order valence-corrected chi connectivity index (χ4v) is 4.14. The maximum absolute atomic E-state index is 13.0. The Morgan fingerprint density at radius 3 is 2.27 bits per heavy atom. The SMILES string of the molecule is CC(=O)Nc1ccc(N2C(=O)C[C@H](N3CCN(Cc4ccccc4)CC3)C2=O)cc1. The number of nitrogens with one attached hydrogen (secondary N) is 1. The molecule has 0 aromatic heterocycles. The average molecular weight is 406 g/mol. The third-order valence-corrected chi connectivity index (χ3v) is 5.67. The Bertz CT molecular complexity index is 921. The Balaban J connectivity index is 1.37. The lowest BCUT2D eigenvalue weighted by Gasteiger charge is -2.37. The van der Waals surface area contributed by atoms with Crippen LogP contribution in [0.2, 0.25) is 0 Å². The number of hydrogen-bond acceptors (Lipinski definition) is 5. The van der Waals surface area contributed by atoms with E-state index in [1.54, 1.807) is 24.3 Å². The Labute approximate surface area is 176 Å². The highest BCUT2D eigenvalue weighted by molar-refractivity contribution is 6.22. The van der Waals surface area contributed by atoms with Gasteiger partial charge in [-0.2, -0.15) is 0 Å². The summed E-state index contributed by atoms with van der Waals surface area (Å²) in [6.07, 6.45) is 0.213. The first kappa shape index (κ1) is 20.3. The monoisotopic (exact) mass is 406 g/mol. The van der Waals surface area contributed by atoms with Crippen LogP contribution in [-0.4, -0.2) is 59.7 Å². The molecule has 4 rings (SSSR count). The van der Waals surface area contributed by atoms with E-state index in [4.69, 9.17) is 0 Å². The van der Waals surface area contributed by atoms with E-state index in [1.807, 2.05) is 18.2 Å². The lowest BCUT2D eigenvalue weighted by molar-refractivity contribution is -0.123. The topological polar surface area (TPSA) is 73.0 Å². The van der Waals surface area contributed by atoms with Crippen LogP contribution in [0.25, 0.3) is 0 Å². The van der Waals surface area contributed by atoms with E-state index in [0.29, 0.717) is 11.4 Å². The number of anilines is 2. The molecule has 3 amide bonds. The van der Waals surface area contributed by atoms with Crippen LogP contribution in [0, 0.1) is 0 Å². The van der Waals surface area contributed by atoms with Crippen molar-refractivity contribution in [1.82, 2.24) is 9.80 Å². The highest BCUT2D eigenvalue weighted by Crippen LogP contribution is 2.27. The van der Waals surface area contributed by atoms with Crippen molar-refractivity contribution in [2.45, 2.75) is 25.9 Å². The van der Waals surface area contributed by atoms with E-state index >= 15 is 0 Å². The predicted octanol–water partition coefficient (Wildman–Crippen LogP) is 2.09. The molecule has 0 saturated carbocycles. The number of imide groups is 1. The number of nitrogens with zero attached hydrogens (tertiary/aromatic N) is 3. The number of hydrogen-bond donors (Lipinski definition) is 1. The van der Waals surface area contributed by atoms with Crippen LogP contribution in [0.1, 0.15) is 18.9 Å². The Morgan fingerprint density at radius 2 is 1.63 bits per heavy atom. The number of rotatable bonds is 5. The summed E-state index contributed by atoms with van der Waals surface area (Å²) >= 11 is 0. The predicted molar refractivity (Wildman–Crippen MR) is 115 cm³/mol. The zero-order valence-corrected chi connectivity index (χ0v) is 17.1. The molecule has 1 N–H and O–H groups in total. The highest BCUT2D eigenvalue weighted by atomic mass is 16.2. The third-order valence-electron chi connectivity index (χ3n) is 5.67. The molecule has 30 heavy (non-hydrogen) atoms. The van der Waals surface area contributed by atoms with Gasteiger partial charge in [-0.15, -0.1) is 0 Å². The van der Waals surface area contributed by atoms with Crippen LogP contribution in [0.15, 0.2) is 54.6 Å². The van der Waals surface area contributed by atoms with Gasteiger partial charge in [-0.3, -0.25) is 24.2 Å². The van der Waals surface area contributed by atoms with Crippen molar-refractivity contribution >= 4 is 29.1 Å². The molecule has 0 aliphatic carbocycles. The van der Waals surface area contributed by atoms with Gasteiger partial charge in [-0.1, -0.05) is 30.3 Å². The van der Waals surface area contributed by atoms with Crippen LogP contribution in [-0.2, 0) is 20.9 Å². The quantitative estimate of drug-likeness (QED) is 0.770. The molecular formula is C23H26N4O3. The van der Waals surface area contributed by atoms with Crippen LogP contribution in [0.4, 0.5) is 11.4 Å². The molecule has 2 fully saturated rings. The summed E-state index contributed by atoms with van der Waals surface area (Å²) in [7, 11) is 0. The second-order valence-corrected chi connectivity index (χ2v) is 7.81. The van der Waals surface area contributed by atoms with E-state index in [0.717, 1.165) is 32.7 Å². The second-order valence-electron chi connectivity index (χ2n) is 7.81. The molecule has 2 aliphatic heterocycles. The number of amides is 3. The molecule has 0 bridgehead atoms. The Morgan fingerprint density at radius 1 is 0.967 bits per heavy atom.